The summed E-state index contributed by atoms with van der Waals surface area (Å²) in [6.45, 7) is 2.11. The van der Waals surface area contributed by atoms with Crippen LogP contribution < -0.4 is 11.1 Å². The number of rotatable bonds is 4. The van der Waals surface area contributed by atoms with Gasteiger partial charge in [0.1, 0.15) is 5.84 Å². The Hall–Kier alpha value is -1.30. The number of oxime groups is 1. The molecule has 0 aliphatic carbocycles. The second-order valence-electron chi connectivity index (χ2n) is 3.66. The van der Waals surface area contributed by atoms with Crippen molar-refractivity contribution in [3.8, 4) is 0 Å². The van der Waals surface area contributed by atoms with Gasteiger partial charge in [0.05, 0.1) is 13.0 Å². The highest BCUT2D eigenvalue weighted by molar-refractivity contribution is 5.98. The molecule has 0 aromatic carbocycles. The summed E-state index contributed by atoms with van der Waals surface area (Å²) in [6, 6.07) is 0. The summed E-state index contributed by atoms with van der Waals surface area (Å²) in [5, 5.41) is 13.7. The maximum atomic E-state index is 11.2. The lowest BCUT2D eigenvalue weighted by molar-refractivity contribution is -0.120. The minimum Gasteiger partial charge on any atom is -0.409 e. The molecule has 0 aromatic rings. The zero-order valence-electron chi connectivity index (χ0n) is 8.61. The summed E-state index contributed by atoms with van der Waals surface area (Å²) in [4.78, 5) is 11.2. The number of carbonyl (C=O) groups excluding carboxylic acids is 1. The largest absolute Gasteiger partial charge is 0.409 e. The first-order chi connectivity index (χ1) is 7.22. The van der Waals surface area contributed by atoms with Crippen LogP contribution in [0.3, 0.4) is 0 Å². The summed E-state index contributed by atoms with van der Waals surface area (Å²) in [6.07, 6.45) is 2.05. The van der Waals surface area contributed by atoms with Gasteiger partial charge in [0, 0.05) is 13.2 Å². The van der Waals surface area contributed by atoms with Crippen LogP contribution in [0.2, 0.25) is 0 Å². The molecule has 1 atom stereocenters. The van der Waals surface area contributed by atoms with E-state index < -0.39 is 0 Å². The molecule has 6 heteroatoms. The van der Waals surface area contributed by atoms with Gasteiger partial charge < -0.3 is 21.0 Å². The third kappa shape index (κ3) is 4.64. The predicted molar refractivity (Wildman–Crippen MR) is 54.6 cm³/mol. The van der Waals surface area contributed by atoms with E-state index in [-0.39, 0.29) is 18.2 Å². The highest BCUT2D eigenvalue weighted by Crippen LogP contribution is 2.11. The van der Waals surface area contributed by atoms with Crippen LogP contribution in [0, 0.1) is 5.92 Å². The lowest BCUT2D eigenvalue weighted by Gasteiger charge is -2.22. The van der Waals surface area contributed by atoms with Gasteiger partial charge in [-0.2, -0.15) is 0 Å². The van der Waals surface area contributed by atoms with Crippen LogP contribution in [0.25, 0.3) is 0 Å². The highest BCUT2D eigenvalue weighted by Gasteiger charge is 2.14. The van der Waals surface area contributed by atoms with E-state index in [4.69, 9.17) is 15.7 Å². The maximum Gasteiger partial charge on any atom is 0.227 e. The molecule has 4 N–H and O–H groups in total. The summed E-state index contributed by atoms with van der Waals surface area (Å²) < 4.78 is 5.28. The molecule has 0 saturated carbocycles. The topological polar surface area (TPSA) is 96.9 Å². The number of hydrogen-bond donors (Lipinski definition) is 3. The van der Waals surface area contributed by atoms with Crippen LogP contribution in [-0.2, 0) is 9.53 Å². The van der Waals surface area contributed by atoms with Gasteiger partial charge in [-0.15, -0.1) is 0 Å². The molecule has 1 amide bonds. The molecular formula is C9H17N3O3. The number of hydrogen-bond acceptors (Lipinski definition) is 4. The van der Waals surface area contributed by atoms with Gasteiger partial charge in [0.2, 0.25) is 5.91 Å². The zero-order valence-corrected chi connectivity index (χ0v) is 8.61. The van der Waals surface area contributed by atoms with Crippen molar-refractivity contribution >= 4 is 11.7 Å². The minimum atomic E-state index is -0.226. The molecule has 1 fully saturated rings. The number of amides is 1. The zero-order chi connectivity index (χ0) is 11.1. The molecule has 1 aliphatic heterocycles. The van der Waals surface area contributed by atoms with Crippen molar-refractivity contribution < 1.29 is 14.7 Å². The Morgan fingerprint density at radius 2 is 2.47 bits per heavy atom. The number of ether oxygens (including phenoxy) is 1. The lowest BCUT2D eigenvalue weighted by atomic mass is 10.0. The molecular weight excluding hydrogens is 198 g/mol. The van der Waals surface area contributed by atoms with E-state index in [1.165, 1.54) is 0 Å². The van der Waals surface area contributed by atoms with E-state index in [0.717, 1.165) is 19.4 Å². The van der Waals surface area contributed by atoms with E-state index in [2.05, 4.69) is 10.5 Å². The van der Waals surface area contributed by atoms with E-state index in [1.54, 1.807) is 0 Å². The minimum absolute atomic E-state index is 0.0654. The second-order valence-corrected chi connectivity index (χ2v) is 3.66. The smallest absolute Gasteiger partial charge is 0.227 e. The first-order valence-corrected chi connectivity index (χ1v) is 5.03. The summed E-state index contributed by atoms with van der Waals surface area (Å²) in [7, 11) is 0. The van der Waals surface area contributed by atoms with Crippen molar-refractivity contribution in [1.29, 1.82) is 0 Å². The first kappa shape index (κ1) is 11.8. The molecule has 0 radical (unpaired) electrons. The maximum absolute atomic E-state index is 11.2. The molecule has 6 nitrogen and oxygen atoms in total. The standard InChI is InChI=1S/C9H17N3O3/c10-8(12-14)4-9(13)11-5-7-2-1-3-15-6-7/h7,14H,1-6H2,(H2,10,12)(H,11,13). The third-order valence-electron chi connectivity index (χ3n) is 2.31. The number of nitrogens with one attached hydrogen (secondary N) is 1. The van der Waals surface area contributed by atoms with Crippen molar-refractivity contribution in [2.45, 2.75) is 19.3 Å². The molecule has 86 valence electrons. The Morgan fingerprint density at radius 3 is 3.07 bits per heavy atom. The van der Waals surface area contributed by atoms with Crippen LogP contribution in [0.1, 0.15) is 19.3 Å². The van der Waals surface area contributed by atoms with Crippen molar-refractivity contribution in [1.82, 2.24) is 5.32 Å². The molecule has 0 spiro atoms. The summed E-state index contributed by atoms with van der Waals surface area (Å²) >= 11 is 0. The van der Waals surface area contributed by atoms with Gasteiger partial charge in [-0.25, -0.2) is 0 Å². The average molecular weight is 215 g/mol. The molecule has 1 unspecified atom stereocenters. The highest BCUT2D eigenvalue weighted by atomic mass is 16.5. The molecule has 0 bridgehead atoms. The van der Waals surface area contributed by atoms with Gasteiger partial charge >= 0.3 is 0 Å². The number of nitrogens with zero attached hydrogens (tertiary/aromatic N) is 1. The van der Waals surface area contributed by atoms with Gasteiger partial charge in [-0.1, -0.05) is 5.16 Å². The fourth-order valence-electron chi connectivity index (χ4n) is 1.49. The van der Waals surface area contributed by atoms with Crippen molar-refractivity contribution in [2.75, 3.05) is 19.8 Å². The van der Waals surface area contributed by atoms with E-state index in [9.17, 15) is 4.79 Å². The van der Waals surface area contributed by atoms with Crippen LogP contribution in [0.5, 0.6) is 0 Å². The number of nitrogens with two attached hydrogens (primary N) is 1. The van der Waals surface area contributed by atoms with Gasteiger partial charge in [-0.05, 0) is 18.8 Å². The number of amidine groups is 1. The van der Waals surface area contributed by atoms with Gasteiger partial charge in [0.25, 0.3) is 0 Å². The predicted octanol–water partition coefficient (Wildman–Crippen LogP) is -0.334. The normalized spacial score (nSPS) is 22.4. The van der Waals surface area contributed by atoms with Crippen molar-refractivity contribution in [3.63, 3.8) is 0 Å². The lowest BCUT2D eigenvalue weighted by Crippen LogP contribution is -2.35. The molecule has 1 heterocycles. The van der Waals surface area contributed by atoms with Crippen LogP contribution >= 0.6 is 0 Å². The Labute approximate surface area is 88.5 Å². The SMILES string of the molecule is NC(CC(=O)NCC1CCCOC1)=NO. The van der Waals surface area contributed by atoms with Crippen LogP contribution in [0.15, 0.2) is 5.16 Å². The Bertz CT molecular complexity index is 237. The molecule has 1 aliphatic rings. The van der Waals surface area contributed by atoms with Crippen LogP contribution in [-0.4, -0.2) is 36.7 Å². The van der Waals surface area contributed by atoms with Crippen molar-refractivity contribution in [2.24, 2.45) is 16.8 Å². The molecule has 1 rings (SSSR count). The third-order valence-corrected chi connectivity index (χ3v) is 2.31. The van der Waals surface area contributed by atoms with Gasteiger partial charge in [0.15, 0.2) is 0 Å². The van der Waals surface area contributed by atoms with E-state index >= 15 is 0 Å². The van der Waals surface area contributed by atoms with E-state index in [0.29, 0.717) is 19.1 Å². The quantitative estimate of drug-likeness (QED) is 0.259. The summed E-state index contributed by atoms with van der Waals surface area (Å²) in [5.41, 5.74) is 5.20. The Morgan fingerprint density at radius 1 is 1.67 bits per heavy atom. The summed E-state index contributed by atoms with van der Waals surface area (Å²) in [5.74, 6) is 0.0817. The number of carbonyl (C=O) groups is 1. The fraction of sp³-hybridized carbons (Fsp3) is 0.778. The van der Waals surface area contributed by atoms with Gasteiger partial charge in [-0.3, -0.25) is 4.79 Å². The van der Waals surface area contributed by atoms with Crippen LogP contribution in [0.4, 0.5) is 0 Å². The molecule has 15 heavy (non-hydrogen) atoms. The van der Waals surface area contributed by atoms with E-state index in [1.807, 2.05) is 0 Å². The average Bonchev–Trinajstić information content (AvgIpc) is 2.27. The Kier molecular flexibility index (Phi) is 4.89. The Balaban J connectivity index is 2.15. The fourth-order valence-corrected chi connectivity index (χ4v) is 1.49. The first-order valence-electron chi connectivity index (χ1n) is 5.03. The van der Waals surface area contributed by atoms with Crippen molar-refractivity contribution in [3.05, 3.63) is 0 Å². The molecule has 1 saturated heterocycles. The molecule has 0 aromatic heterocycles. The second kappa shape index (κ2) is 6.23. The monoisotopic (exact) mass is 215 g/mol.